The molecule has 0 aromatic heterocycles. The molecule has 2 aliphatic heterocycles. The number of imide groups is 1. The summed E-state index contributed by atoms with van der Waals surface area (Å²) in [4.78, 5) is 41.0. The number of carbonyl (C=O) groups is 3. The first-order valence-corrected chi connectivity index (χ1v) is 11.2. The van der Waals surface area contributed by atoms with Gasteiger partial charge in [0.25, 0.3) is 0 Å². The molecule has 2 heterocycles. The summed E-state index contributed by atoms with van der Waals surface area (Å²) in [6, 6.07) is 8.21. The molecule has 4 atom stereocenters. The van der Waals surface area contributed by atoms with E-state index in [1.54, 1.807) is 34.6 Å². The van der Waals surface area contributed by atoms with Gasteiger partial charge in [0.05, 0.1) is 30.7 Å². The topological polar surface area (TPSA) is 106 Å². The van der Waals surface area contributed by atoms with Crippen molar-refractivity contribution < 1.29 is 33.7 Å². The van der Waals surface area contributed by atoms with Crippen molar-refractivity contribution in [3.05, 3.63) is 35.9 Å². The highest BCUT2D eigenvalue weighted by Crippen LogP contribution is 2.33. The molecule has 9 nitrogen and oxygen atoms in total. The van der Waals surface area contributed by atoms with Crippen LogP contribution < -0.4 is 0 Å². The zero-order valence-electron chi connectivity index (χ0n) is 20.1. The Balaban J connectivity index is 1.77. The van der Waals surface area contributed by atoms with Gasteiger partial charge in [-0.25, -0.2) is 14.5 Å². The van der Waals surface area contributed by atoms with E-state index in [1.165, 1.54) is 11.8 Å². The van der Waals surface area contributed by atoms with Crippen molar-refractivity contribution in [3.8, 4) is 0 Å². The van der Waals surface area contributed by atoms with Gasteiger partial charge in [0.15, 0.2) is 0 Å². The number of hydrogen-bond acceptors (Lipinski definition) is 7. The summed E-state index contributed by atoms with van der Waals surface area (Å²) in [5.41, 5.74) is -0.802. The summed E-state index contributed by atoms with van der Waals surface area (Å²) in [6.07, 6.45) is -2.20. The Kier molecular flexibility index (Phi) is 7.04. The lowest BCUT2D eigenvalue weighted by Gasteiger charge is -2.37. The fourth-order valence-corrected chi connectivity index (χ4v) is 4.22. The molecule has 2 saturated heterocycles. The van der Waals surface area contributed by atoms with Gasteiger partial charge in [-0.2, -0.15) is 0 Å². The van der Waals surface area contributed by atoms with Gasteiger partial charge in [-0.1, -0.05) is 37.3 Å². The van der Waals surface area contributed by atoms with Crippen LogP contribution in [0.25, 0.3) is 0 Å². The molecule has 1 N–H and O–H groups in total. The van der Waals surface area contributed by atoms with Gasteiger partial charge in [0.1, 0.15) is 17.9 Å². The van der Waals surface area contributed by atoms with Crippen LogP contribution in [0.5, 0.6) is 0 Å². The van der Waals surface area contributed by atoms with Gasteiger partial charge in [0.2, 0.25) is 5.91 Å². The minimum atomic E-state index is -1.28. The second-order valence-electron chi connectivity index (χ2n) is 10.1. The van der Waals surface area contributed by atoms with Crippen molar-refractivity contribution in [2.24, 2.45) is 5.92 Å². The number of hydrogen-bond donors (Lipinski definition) is 1. The molecule has 0 saturated carbocycles. The molecule has 33 heavy (non-hydrogen) atoms. The summed E-state index contributed by atoms with van der Waals surface area (Å²) in [6.45, 7) is 10.3. The lowest BCUT2D eigenvalue weighted by molar-refractivity contribution is -0.138. The van der Waals surface area contributed by atoms with Gasteiger partial charge < -0.3 is 19.3 Å². The van der Waals surface area contributed by atoms with Crippen LogP contribution in [0.1, 0.15) is 47.1 Å². The highest BCUT2D eigenvalue weighted by Gasteiger charge is 2.51. The summed E-state index contributed by atoms with van der Waals surface area (Å²) in [5.74, 6) is -1.54. The Morgan fingerprint density at radius 1 is 1.21 bits per heavy atom. The molecule has 9 heteroatoms. The Morgan fingerprint density at radius 2 is 1.85 bits per heavy atom. The third-order valence-electron chi connectivity index (χ3n) is 5.92. The SMILES string of the molecule is C[C@H](C(=O)N1C(=O)OC[C@@H]1Cc1ccccc1)[C@H](O)[C@@H]1COC(C)(C)N1C(=O)OC(C)(C)C. The Bertz CT molecular complexity index is 881. The van der Waals surface area contributed by atoms with E-state index in [1.807, 2.05) is 30.3 Å². The highest BCUT2D eigenvalue weighted by molar-refractivity contribution is 5.95. The van der Waals surface area contributed by atoms with E-state index in [2.05, 4.69) is 0 Å². The maximum absolute atomic E-state index is 13.3. The molecular weight excluding hydrogens is 428 g/mol. The minimum absolute atomic E-state index is 0.0307. The molecule has 3 rings (SSSR count). The number of carbonyl (C=O) groups excluding carboxylic acids is 3. The standard InChI is InChI=1S/C24H34N2O7/c1-15(19(27)18-14-32-24(5,6)26(18)22(30)33-23(2,3)4)20(28)25-17(13-31-21(25)29)12-16-10-8-7-9-11-16/h7-11,15,17-19,27H,12-14H2,1-6H3/t15-,17-,18-,19-/m0/s1. The number of nitrogens with zero attached hydrogens (tertiary/aromatic N) is 2. The number of ether oxygens (including phenoxy) is 3. The number of amides is 3. The number of aliphatic hydroxyl groups is 1. The Morgan fingerprint density at radius 3 is 2.45 bits per heavy atom. The van der Waals surface area contributed by atoms with Crippen LogP contribution in [-0.2, 0) is 25.4 Å². The van der Waals surface area contributed by atoms with Gasteiger partial charge in [-0.05, 0) is 46.6 Å². The van der Waals surface area contributed by atoms with Crippen LogP contribution in [0.15, 0.2) is 30.3 Å². The summed E-state index contributed by atoms with van der Waals surface area (Å²) >= 11 is 0. The van der Waals surface area contributed by atoms with Crippen LogP contribution in [0, 0.1) is 5.92 Å². The first-order valence-electron chi connectivity index (χ1n) is 11.2. The average Bonchev–Trinajstić information content (AvgIpc) is 3.24. The Labute approximate surface area is 194 Å². The molecule has 0 radical (unpaired) electrons. The molecule has 0 aliphatic carbocycles. The van der Waals surface area contributed by atoms with Gasteiger partial charge in [0, 0.05) is 0 Å². The minimum Gasteiger partial charge on any atom is -0.447 e. The van der Waals surface area contributed by atoms with E-state index in [-0.39, 0.29) is 13.2 Å². The van der Waals surface area contributed by atoms with E-state index < -0.39 is 53.5 Å². The predicted molar refractivity (Wildman–Crippen MR) is 119 cm³/mol. The lowest BCUT2D eigenvalue weighted by Crippen LogP contribution is -2.56. The first kappa shape index (κ1) is 25.0. The molecule has 2 aliphatic rings. The van der Waals surface area contributed by atoms with Crippen molar-refractivity contribution in [1.29, 1.82) is 0 Å². The van der Waals surface area contributed by atoms with Crippen molar-refractivity contribution >= 4 is 18.1 Å². The van der Waals surface area contributed by atoms with Crippen LogP contribution in [0.2, 0.25) is 0 Å². The predicted octanol–water partition coefficient (Wildman–Crippen LogP) is 2.95. The quantitative estimate of drug-likeness (QED) is 0.717. The molecule has 0 bridgehead atoms. The molecule has 2 fully saturated rings. The van der Waals surface area contributed by atoms with Crippen molar-refractivity contribution in [2.75, 3.05) is 13.2 Å². The third kappa shape index (κ3) is 5.47. The van der Waals surface area contributed by atoms with E-state index in [9.17, 15) is 19.5 Å². The number of aliphatic hydroxyl groups excluding tert-OH is 1. The zero-order valence-corrected chi connectivity index (χ0v) is 20.1. The second kappa shape index (κ2) is 9.30. The maximum atomic E-state index is 13.3. The van der Waals surface area contributed by atoms with E-state index in [0.29, 0.717) is 6.42 Å². The number of cyclic esters (lactones) is 1. The molecule has 1 aromatic rings. The van der Waals surface area contributed by atoms with Crippen LogP contribution in [0.4, 0.5) is 9.59 Å². The average molecular weight is 463 g/mol. The fourth-order valence-electron chi connectivity index (χ4n) is 4.22. The maximum Gasteiger partial charge on any atom is 0.416 e. The van der Waals surface area contributed by atoms with E-state index in [0.717, 1.165) is 10.5 Å². The Hall–Kier alpha value is -2.65. The molecule has 0 unspecified atom stereocenters. The first-order chi connectivity index (χ1) is 15.3. The normalized spacial score (nSPS) is 24.4. The summed E-state index contributed by atoms with van der Waals surface area (Å²) in [7, 11) is 0. The fraction of sp³-hybridized carbons (Fsp3) is 0.625. The lowest BCUT2D eigenvalue weighted by atomic mass is 9.94. The van der Waals surface area contributed by atoms with Crippen LogP contribution in [0.3, 0.4) is 0 Å². The highest BCUT2D eigenvalue weighted by atomic mass is 16.6. The largest absolute Gasteiger partial charge is 0.447 e. The zero-order chi connectivity index (χ0) is 24.6. The summed E-state index contributed by atoms with van der Waals surface area (Å²) in [5, 5.41) is 11.1. The van der Waals surface area contributed by atoms with Gasteiger partial charge in [-0.3, -0.25) is 9.69 Å². The van der Waals surface area contributed by atoms with Crippen LogP contribution >= 0.6 is 0 Å². The molecule has 1 aromatic carbocycles. The molecule has 182 valence electrons. The monoisotopic (exact) mass is 462 g/mol. The second-order valence-corrected chi connectivity index (χ2v) is 10.1. The van der Waals surface area contributed by atoms with E-state index >= 15 is 0 Å². The van der Waals surface area contributed by atoms with E-state index in [4.69, 9.17) is 14.2 Å². The molecule has 0 spiro atoms. The van der Waals surface area contributed by atoms with Crippen molar-refractivity contribution in [1.82, 2.24) is 9.80 Å². The van der Waals surface area contributed by atoms with Gasteiger partial charge >= 0.3 is 12.2 Å². The van der Waals surface area contributed by atoms with Gasteiger partial charge in [-0.15, -0.1) is 0 Å². The number of rotatable bonds is 5. The van der Waals surface area contributed by atoms with Crippen molar-refractivity contribution in [3.63, 3.8) is 0 Å². The molecular formula is C24H34N2O7. The van der Waals surface area contributed by atoms with Crippen molar-refractivity contribution in [2.45, 2.75) is 77.5 Å². The van der Waals surface area contributed by atoms with Crippen LogP contribution in [-0.4, -0.2) is 75.7 Å². The third-order valence-corrected chi connectivity index (χ3v) is 5.92. The summed E-state index contributed by atoms with van der Waals surface area (Å²) < 4.78 is 16.4. The number of benzene rings is 1. The molecule has 3 amide bonds. The smallest absolute Gasteiger partial charge is 0.416 e.